The van der Waals surface area contributed by atoms with Crippen LogP contribution in [0.25, 0.3) is 77.2 Å². The molecule has 0 bridgehead atoms. The molecule has 12 aromatic carbocycles. The molecular weight excluding hydrogens is 897 g/mol. The van der Waals surface area contributed by atoms with E-state index in [9.17, 15) is 0 Å². The Kier molecular flexibility index (Phi) is 9.48. The fourth-order valence-corrected chi connectivity index (χ4v) is 12.5. The van der Waals surface area contributed by atoms with Crippen LogP contribution in [-0.2, 0) is 5.41 Å². The zero-order valence-corrected chi connectivity index (χ0v) is 40.4. The summed E-state index contributed by atoms with van der Waals surface area (Å²) >= 11 is 0. The third kappa shape index (κ3) is 6.33. The molecule has 0 N–H and O–H groups in total. The second-order valence-corrected chi connectivity index (χ2v) is 19.6. The third-order valence-electron chi connectivity index (χ3n) is 15.6. The van der Waals surface area contributed by atoms with Gasteiger partial charge in [-0.3, -0.25) is 0 Å². The van der Waals surface area contributed by atoms with E-state index in [2.05, 4.69) is 289 Å². The highest BCUT2D eigenvalue weighted by molar-refractivity contribution is 6.14. The van der Waals surface area contributed by atoms with Crippen LogP contribution in [0.3, 0.4) is 0 Å². The largest absolute Gasteiger partial charge is 0.456 e. The molecule has 15 rings (SSSR count). The van der Waals surface area contributed by atoms with Crippen molar-refractivity contribution >= 4 is 66.8 Å². The van der Waals surface area contributed by atoms with Crippen LogP contribution in [0.5, 0.6) is 0 Å². The molecule has 1 atom stereocenters. The van der Waals surface area contributed by atoms with Crippen molar-refractivity contribution in [3.05, 3.63) is 301 Å². The zero-order chi connectivity index (χ0) is 48.7. The molecule has 74 heavy (non-hydrogen) atoms. The van der Waals surface area contributed by atoms with Crippen molar-refractivity contribution in [1.29, 1.82) is 0 Å². The van der Waals surface area contributed by atoms with Crippen LogP contribution >= 0.6 is 0 Å². The third-order valence-corrected chi connectivity index (χ3v) is 15.6. The zero-order valence-electron chi connectivity index (χ0n) is 40.4. The van der Waals surface area contributed by atoms with Gasteiger partial charge in [0.15, 0.2) is 0 Å². The summed E-state index contributed by atoms with van der Waals surface area (Å²) in [7, 11) is 0. The summed E-state index contributed by atoms with van der Waals surface area (Å²) in [6.45, 7) is 0. The number of anilines is 6. The summed E-state index contributed by atoms with van der Waals surface area (Å²) in [6, 6.07) is 102. The van der Waals surface area contributed by atoms with Crippen LogP contribution in [0, 0.1) is 0 Å². The van der Waals surface area contributed by atoms with E-state index in [1.54, 1.807) is 0 Å². The van der Waals surface area contributed by atoms with Crippen molar-refractivity contribution in [3.8, 4) is 44.5 Å². The fourth-order valence-electron chi connectivity index (χ4n) is 12.5. The molecular formula is C71H46N2O. The highest BCUT2D eigenvalue weighted by Gasteiger charge is 2.52. The Morgan fingerprint density at radius 3 is 1.43 bits per heavy atom. The second-order valence-electron chi connectivity index (χ2n) is 19.6. The topological polar surface area (TPSA) is 19.6 Å². The fraction of sp³-hybridized carbons (Fsp3) is 0.0141. The smallest absolute Gasteiger partial charge is 0.137 e. The van der Waals surface area contributed by atoms with Gasteiger partial charge in [0.25, 0.3) is 0 Å². The van der Waals surface area contributed by atoms with E-state index in [0.717, 1.165) is 67.2 Å². The molecule has 13 aromatic rings. The highest BCUT2D eigenvalue weighted by atomic mass is 16.3. The van der Waals surface area contributed by atoms with Crippen molar-refractivity contribution in [2.75, 3.05) is 9.80 Å². The van der Waals surface area contributed by atoms with Gasteiger partial charge in [-0.05, 0) is 151 Å². The predicted octanol–water partition coefficient (Wildman–Crippen LogP) is 19.4. The minimum absolute atomic E-state index is 0.644. The van der Waals surface area contributed by atoms with E-state index in [0.29, 0.717) is 0 Å². The number of rotatable bonds is 8. The van der Waals surface area contributed by atoms with E-state index < -0.39 is 5.41 Å². The van der Waals surface area contributed by atoms with E-state index in [-0.39, 0.29) is 0 Å². The van der Waals surface area contributed by atoms with Crippen molar-refractivity contribution in [3.63, 3.8) is 0 Å². The minimum Gasteiger partial charge on any atom is -0.456 e. The van der Waals surface area contributed by atoms with Crippen LogP contribution < -0.4 is 9.80 Å². The molecule has 3 heteroatoms. The standard InChI is InChI=1S/C71H46N2O/c1-4-19-47(20-5-1)48-35-37-53(38-36-48)72(52-25-8-3-9-26-52)54-39-41-58-56-27-12-15-30-62(56)71(64(58)45-54)63-31-16-13-28-57(63)59-42-40-55(46-65(59)71)73(66-32-18-34-69-70(66)60-29-14-17-33-68(60)74-69)67-44-51-24-11-10-23-50(51)43-61(67)49-21-6-2-7-22-49/h1-46H. The second kappa shape index (κ2) is 16.7. The minimum atomic E-state index is -0.644. The first kappa shape index (κ1) is 42.0. The molecule has 0 aliphatic heterocycles. The van der Waals surface area contributed by atoms with Gasteiger partial charge in [-0.25, -0.2) is 0 Å². The molecule has 0 radical (unpaired) electrons. The highest BCUT2D eigenvalue weighted by Crippen LogP contribution is 2.64. The Hall–Kier alpha value is -9.70. The van der Waals surface area contributed by atoms with Gasteiger partial charge in [-0.15, -0.1) is 0 Å². The number of benzene rings is 12. The molecule has 2 aliphatic rings. The SMILES string of the molecule is c1ccc(-c2ccc(N(c3ccccc3)c3ccc4c(c3)C3(c5ccccc5-4)c4ccccc4-c4ccc(N(c5cc6ccccc6cc5-c5ccccc5)c5cccc6oc7ccccc7c56)cc43)cc2)cc1. The van der Waals surface area contributed by atoms with E-state index in [1.807, 2.05) is 0 Å². The van der Waals surface area contributed by atoms with Crippen molar-refractivity contribution in [2.24, 2.45) is 0 Å². The summed E-state index contributed by atoms with van der Waals surface area (Å²) in [6.07, 6.45) is 0. The van der Waals surface area contributed by atoms with Gasteiger partial charge in [0.05, 0.1) is 22.2 Å². The lowest BCUT2D eigenvalue weighted by Crippen LogP contribution is -2.26. The van der Waals surface area contributed by atoms with Gasteiger partial charge >= 0.3 is 0 Å². The molecule has 3 nitrogen and oxygen atoms in total. The average Bonchev–Trinajstić information content (AvgIpc) is 4.16. The Balaban J connectivity index is 0.999. The molecule has 1 aromatic heterocycles. The summed E-state index contributed by atoms with van der Waals surface area (Å²) in [5, 5.41) is 4.52. The van der Waals surface area contributed by atoms with E-state index >= 15 is 0 Å². The Bertz CT molecular complexity index is 4300. The first-order valence-corrected chi connectivity index (χ1v) is 25.5. The number of hydrogen-bond acceptors (Lipinski definition) is 3. The maximum atomic E-state index is 6.66. The Morgan fingerprint density at radius 2 is 0.757 bits per heavy atom. The molecule has 1 heterocycles. The first-order valence-electron chi connectivity index (χ1n) is 25.5. The van der Waals surface area contributed by atoms with Crippen LogP contribution in [0.4, 0.5) is 34.1 Å². The predicted molar refractivity (Wildman–Crippen MR) is 308 cm³/mol. The number of nitrogens with zero attached hydrogens (tertiary/aromatic N) is 2. The summed E-state index contributed by atoms with van der Waals surface area (Å²) in [5.41, 5.74) is 22.4. The molecule has 1 spiro atoms. The Labute approximate surface area is 430 Å². The summed E-state index contributed by atoms with van der Waals surface area (Å²) in [5.74, 6) is 0. The summed E-state index contributed by atoms with van der Waals surface area (Å²) in [4.78, 5) is 4.91. The number of fused-ring (bicyclic) bond motifs is 14. The molecule has 0 saturated carbocycles. The van der Waals surface area contributed by atoms with Crippen LogP contribution in [-0.4, -0.2) is 0 Å². The molecule has 2 aliphatic carbocycles. The Morgan fingerprint density at radius 1 is 0.270 bits per heavy atom. The quantitative estimate of drug-likeness (QED) is 0.151. The van der Waals surface area contributed by atoms with Gasteiger partial charge in [0.2, 0.25) is 0 Å². The molecule has 0 fully saturated rings. The first-order chi connectivity index (χ1) is 36.7. The van der Waals surface area contributed by atoms with Crippen LogP contribution in [0.1, 0.15) is 22.3 Å². The lowest BCUT2D eigenvalue weighted by Gasteiger charge is -2.34. The lowest BCUT2D eigenvalue weighted by molar-refractivity contribution is 0.669. The van der Waals surface area contributed by atoms with Gasteiger partial charge < -0.3 is 14.2 Å². The average molecular weight is 943 g/mol. The van der Waals surface area contributed by atoms with Gasteiger partial charge in [-0.2, -0.15) is 0 Å². The maximum absolute atomic E-state index is 6.66. The van der Waals surface area contributed by atoms with E-state index in [1.165, 1.54) is 66.4 Å². The van der Waals surface area contributed by atoms with Crippen LogP contribution in [0.2, 0.25) is 0 Å². The van der Waals surface area contributed by atoms with Crippen molar-refractivity contribution in [1.82, 2.24) is 0 Å². The van der Waals surface area contributed by atoms with Crippen LogP contribution in [0.15, 0.2) is 283 Å². The van der Waals surface area contributed by atoms with Gasteiger partial charge in [0.1, 0.15) is 11.2 Å². The monoisotopic (exact) mass is 942 g/mol. The number of para-hydroxylation sites is 2. The molecule has 1 unspecified atom stereocenters. The number of hydrogen-bond donors (Lipinski definition) is 0. The molecule has 0 saturated heterocycles. The molecule has 346 valence electrons. The van der Waals surface area contributed by atoms with Crippen molar-refractivity contribution < 1.29 is 4.42 Å². The lowest BCUT2D eigenvalue weighted by atomic mass is 9.70. The normalized spacial score (nSPS) is 14.0. The van der Waals surface area contributed by atoms with Crippen molar-refractivity contribution in [2.45, 2.75) is 5.41 Å². The van der Waals surface area contributed by atoms with Gasteiger partial charge in [-0.1, -0.05) is 200 Å². The maximum Gasteiger partial charge on any atom is 0.137 e. The molecule has 0 amide bonds. The summed E-state index contributed by atoms with van der Waals surface area (Å²) < 4.78 is 6.66. The number of furan rings is 1. The van der Waals surface area contributed by atoms with Gasteiger partial charge in [0, 0.05) is 33.7 Å². The van der Waals surface area contributed by atoms with E-state index in [4.69, 9.17) is 4.42 Å².